The molecular formula is C26H25Cl2N3O4S. The summed E-state index contributed by atoms with van der Waals surface area (Å²) in [5, 5.41) is 6.01. The zero-order valence-electron chi connectivity index (χ0n) is 19.6. The first-order valence-electron chi connectivity index (χ1n) is 11.7. The van der Waals surface area contributed by atoms with E-state index < -0.39 is 5.76 Å². The first kappa shape index (κ1) is 25.0. The highest BCUT2D eigenvalue weighted by atomic mass is 35.5. The van der Waals surface area contributed by atoms with Gasteiger partial charge in [0.2, 0.25) is 0 Å². The fraction of sp³-hybridized carbons (Fsp3) is 0.346. The molecule has 36 heavy (non-hydrogen) atoms. The van der Waals surface area contributed by atoms with Gasteiger partial charge in [-0.3, -0.25) is 9.51 Å². The van der Waals surface area contributed by atoms with E-state index in [1.807, 2.05) is 12.1 Å². The van der Waals surface area contributed by atoms with E-state index in [4.69, 9.17) is 37.7 Å². The Morgan fingerprint density at radius 2 is 1.81 bits per heavy atom. The van der Waals surface area contributed by atoms with Gasteiger partial charge in [0.1, 0.15) is 12.4 Å². The van der Waals surface area contributed by atoms with Gasteiger partial charge in [0.15, 0.2) is 5.82 Å². The van der Waals surface area contributed by atoms with Crippen LogP contribution in [0.4, 0.5) is 0 Å². The van der Waals surface area contributed by atoms with Crippen LogP contribution < -0.4 is 10.5 Å². The molecule has 2 heterocycles. The summed E-state index contributed by atoms with van der Waals surface area (Å²) in [6.45, 7) is 0.807. The zero-order chi connectivity index (χ0) is 25.1. The number of aromatic nitrogens is 3. The van der Waals surface area contributed by atoms with Gasteiger partial charge in [-0.15, -0.1) is 11.3 Å². The summed E-state index contributed by atoms with van der Waals surface area (Å²) in [5.74, 6) is 1.27. The predicted octanol–water partition coefficient (Wildman–Crippen LogP) is 6.96. The molecule has 0 aliphatic heterocycles. The number of nitrogens with one attached hydrogen (secondary N) is 1. The second-order valence-electron chi connectivity index (χ2n) is 8.83. The molecule has 2 aromatic heterocycles. The highest BCUT2D eigenvalue weighted by molar-refractivity contribution is 7.11. The Kier molecular flexibility index (Phi) is 7.76. The molecule has 1 aliphatic rings. The van der Waals surface area contributed by atoms with Gasteiger partial charge in [-0.2, -0.15) is 0 Å². The van der Waals surface area contributed by atoms with Crippen molar-refractivity contribution in [2.24, 2.45) is 0 Å². The minimum atomic E-state index is -0.633. The Balaban J connectivity index is 1.25. The third-order valence-corrected chi connectivity index (χ3v) is 8.30. The van der Waals surface area contributed by atoms with Gasteiger partial charge in [0.25, 0.3) is 0 Å². The number of thiazole rings is 1. The summed E-state index contributed by atoms with van der Waals surface area (Å²) in [4.78, 5) is 19.7. The molecule has 0 spiro atoms. The summed E-state index contributed by atoms with van der Waals surface area (Å²) in [5.41, 5.74) is 2.84. The number of ether oxygens (including phenoxy) is 2. The smallest absolute Gasteiger partial charge is 0.439 e. The number of aromatic amines is 1. The molecule has 0 saturated heterocycles. The van der Waals surface area contributed by atoms with Gasteiger partial charge >= 0.3 is 5.76 Å². The number of H-pyrrole nitrogens is 1. The van der Waals surface area contributed by atoms with Crippen molar-refractivity contribution >= 4 is 34.5 Å². The topological polar surface area (TPSA) is 90.2 Å². The van der Waals surface area contributed by atoms with Crippen molar-refractivity contribution in [1.82, 2.24) is 15.1 Å². The van der Waals surface area contributed by atoms with Crippen molar-refractivity contribution in [2.45, 2.75) is 50.7 Å². The van der Waals surface area contributed by atoms with E-state index >= 15 is 0 Å². The first-order valence-corrected chi connectivity index (χ1v) is 13.3. The SMILES string of the molecule is COCc1nc([C@H]2CC[C@H](c3ccc(Cl)cc3)CC2)sc1COc1ccc(-c2noc(=O)[nH]2)c(Cl)c1. The molecule has 5 rings (SSSR count). The molecule has 0 atom stereocenters. The van der Waals surface area contributed by atoms with Crippen molar-refractivity contribution in [3.05, 3.63) is 84.2 Å². The van der Waals surface area contributed by atoms with Crippen LogP contribution in [0.15, 0.2) is 51.8 Å². The maximum atomic E-state index is 11.2. The van der Waals surface area contributed by atoms with E-state index in [0.717, 1.165) is 46.3 Å². The number of benzene rings is 2. The van der Waals surface area contributed by atoms with E-state index in [0.29, 0.717) is 41.4 Å². The van der Waals surface area contributed by atoms with Crippen LogP contribution >= 0.6 is 34.5 Å². The highest BCUT2D eigenvalue weighted by Gasteiger charge is 2.27. The summed E-state index contributed by atoms with van der Waals surface area (Å²) in [7, 11) is 1.67. The van der Waals surface area contributed by atoms with Crippen LogP contribution in [0.3, 0.4) is 0 Å². The number of halogens is 2. The van der Waals surface area contributed by atoms with Gasteiger partial charge in [-0.25, -0.2) is 9.78 Å². The van der Waals surface area contributed by atoms with E-state index in [-0.39, 0.29) is 5.82 Å². The Morgan fingerprint density at radius 3 is 2.47 bits per heavy atom. The molecule has 2 aromatic carbocycles. The van der Waals surface area contributed by atoms with Gasteiger partial charge in [0.05, 0.1) is 27.2 Å². The lowest BCUT2D eigenvalue weighted by molar-refractivity contribution is 0.179. The standard InChI is InChI=1S/C26H25Cl2N3O4S/c1-33-13-22-23(14-34-19-10-11-20(21(28)12-19)24-30-26(32)35-31-24)36-25(29-22)17-4-2-15(3-5-17)16-6-8-18(27)9-7-16/h6-12,15,17H,2-5,13-14H2,1H3,(H,30,31,32)/t15-,17-. The maximum absolute atomic E-state index is 11.2. The van der Waals surface area contributed by atoms with Gasteiger partial charge in [-0.1, -0.05) is 40.5 Å². The fourth-order valence-electron chi connectivity index (χ4n) is 4.62. The summed E-state index contributed by atoms with van der Waals surface area (Å²) >= 11 is 14.1. The third kappa shape index (κ3) is 5.67. The minimum absolute atomic E-state index is 0.275. The van der Waals surface area contributed by atoms with Crippen molar-refractivity contribution in [2.75, 3.05) is 7.11 Å². The Labute approximate surface area is 222 Å². The molecule has 1 aliphatic carbocycles. The molecule has 0 unspecified atom stereocenters. The molecular weight excluding hydrogens is 521 g/mol. The van der Waals surface area contributed by atoms with Gasteiger partial charge in [0, 0.05) is 23.6 Å². The molecule has 10 heteroatoms. The second-order valence-corrected chi connectivity index (χ2v) is 10.8. The monoisotopic (exact) mass is 545 g/mol. The third-order valence-electron chi connectivity index (χ3n) is 6.50. The quantitative estimate of drug-likeness (QED) is 0.257. The number of hydrogen-bond donors (Lipinski definition) is 1. The van der Waals surface area contributed by atoms with Gasteiger partial charge < -0.3 is 9.47 Å². The maximum Gasteiger partial charge on any atom is 0.439 e. The summed E-state index contributed by atoms with van der Waals surface area (Å²) in [6, 6.07) is 13.5. The van der Waals surface area contributed by atoms with Crippen LogP contribution in [0, 0.1) is 0 Å². The highest BCUT2D eigenvalue weighted by Crippen LogP contribution is 2.42. The zero-order valence-corrected chi connectivity index (χ0v) is 22.0. The van der Waals surface area contributed by atoms with Crippen LogP contribution in [0.5, 0.6) is 5.75 Å². The average molecular weight is 546 g/mol. The first-order chi connectivity index (χ1) is 17.5. The Bertz CT molecular complexity index is 1370. The lowest BCUT2D eigenvalue weighted by Crippen LogP contribution is -2.12. The number of rotatable bonds is 8. The van der Waals surface area contributed by atoms with Crippen LogP contribution in [0.25, 0.3) is 11.4 Å². The molecule has 0 bridgehead atoms. The van der Waals surface area contributed by atoms with Crippen LogP contribution in [-0.2, 0) is 18.0 Å². The molecule has 4 aromatic rings. The molecule has 188 valence electrons. The van der Waals surface area contributed by atoms with E-state index in [2.05, 4.69) is 26.8 Å². The summed E-state index contributed by atoms with van der Waals surface area (Å²) < 4.78 is 16.0. The van der Waals surface area contributed by atoms with E-state index in [9.17, 15) is 4.79 Å². The predicted molar refractivity (Wildman–Crippen MR) is 140 cm³/mol. The van der Waals surface area contributed by atoms with Crippen molar-refractivity contribution < 1.29 is 14.0 Å². The van der Waals surface area contributed by atoms with Crippen molar-refractivity contribution in [3.63, 3.8) is 0 Å². The molecule has 1 N–H and O–H groups in total. The fourth-order valence-corrected chi connectivity index (χ4v) is 6.16. The Hall–Kier alpha value is -2.65. The lowest BCUT2D eigenvalue weighted by Gasteiger charge is -2.27. The Morgan fingerprint density at radius 1 is 1.06 bits per heavy atom. The normalized spacial score (nSPS) is 17.9. The van der Waals surface area contributed by atoms with Crippen LogP contribution in [0.1, 0.15) is 58.7 Å². The number of methoxy groups -OCH3 is 1. The largest absolute Gasteiger partial charge is 0.488 e. The van der Waals surface area contributed by atoms with Crippen LogP contribution in [-0.4, -0.2) is 22.2 Å². The van der Waals surface area contributed by atoms with Crippen molar-refractivity contribution in [3.8, 4) is 17.1 Å². The molecule has 0 amide bonds. The van der Waals surface area contributed by atoms with Crippen molar-refractivity contribution in [1.29, 1.82) is 0 Å². The lowest BCUT2D eigenvalue weighted by atomic mass is 9.79. The molecule has 1 fully saturated rings. The van der Waals surface area contributed by atoms with Gasteiger partial charge in [-0.05, 0) is 67.5 Å². The van der Waals surface area contributed by atoms with E-state index in [1.165, 1.54) is 5.56 Å². The molecule has 1 saturated carbocycles. The van der Waals surface area contributed by atoms with E-state index in [1.54, 1.807) is 36.6 Å². The minimum Gasteiger partial charge on any atom is -0.488 e. The number of hydrogen-bond acceptors (Lipinski definition) is 7. The average Bonchev–Trinajstić information content (AvgIpc) is 3.50. The second kappa shape index (κ2) is 11.2. The van der Waals surface area contributed by atoms with Crippen LogP contribution in [0.2, 0.25) is 10.0 Å². The molecule has 7 nitrogen and oxygen atoms in total. The molecule has 0 radical (unpaired) electrons. The summed E-state index contributed by atoms with van der Waals surface area (Å²) in [6.07, 6.45) is 4.49. The number of nitrogens with zero attached hydrogens (tertiary/aromatic N) is 2.